The molecule has 0 aliphatic carbocycles. The normalized spacial score (nSPS) is 15.1. The third-order valence-electron chi connectivity index (χ3n) is 4.72. The minimum atomic E-state index is 0. The molecule has 0 bridgehead atoms. The van der Waals surface area contributed by atoms with E-state index in [1.165, 1.54) is 0 Å². The molecule has 2 N–H and O–H groups in total. The number of aryl methyl sites for hydroxylation is 2. The van der Waals surface area contributed by atoms with Crippen molar-refractivity contribution in [2.24, 2.45) is 4.99 Å². The zero-order valence-electron chi connectivity index (χ0n) is 17.4. The van der Waals surface area contributed by atoms with Gasteiger partial charge >= 0.3 is 0 Å². The Bertz CT molecular complexity index is 739. The quantitative estimate of drug-likeness (QED) is 0.327. The minimum Gasteiger partial charge on any atom is -0.444 e. The zero-order valence-corrected chi connectivity index (χ0v) is 19.7. The number of rotatable bonds is 7. The van der Waals surface area contributed by atoms with Crippen molar-refractivity contribution >= 4 is 35.9 Å². The fourth-order valence-corrected chi connectivity index (χ4v) is 3.05. The van der Waals surface area contributed by atoms with Gasteiger partial charge in [0.25, 0.3) is 0 Å². The third kappa shape index (κ3) is 7.11. The number of guanidine groups is 1. The van der Waals surface area contributed by atoms with Crippen LogP contribution in [0.3, 0.4) is 0 Å². The van der Waals surface area contributed by atoms with E-state index in [1.807, 2.05) is 19.9 Å². The Morgan fingerprint density at radius 3 is 2.48 bits per heavy atom. The SMILES string of the molecule is CCNC(=NCc1nc(C)c(C)o1)NCCN1CCN(c2ncccn2)CC1.I. The van der Waals surface area contributed by atoms with Crippen LogP contribution in [-0.4, -0.2) is 71.6 Å². The second-order valence-corrected chi connectivity index (χ2v) is 6.75. The average molecular weight is 514 g/mol. The maximum absolute atomic E-state index is 5.59. The minimum absolute atomic E-state index is 0. The number of nitrogens with zero attached hydrogens (tertiary/aromatic N) is 6. The second kappa shape index (κ2) is 11.9. The lowest BCUT2D eigenvalue weighted by Crippen LogP contribution is -2.49. The lowest BCUT2D eigenvalue weighted by atomic mass is 10.3. The molecule has 0 atom stereocenters. The van der Waals surface area contributed by atoms with Gasteiger partial charge in [0.05, 0.1) is 5.69 Å². The van der Waals surface area contributed by atoms with Crippen LogP contribution in [0.2, 0.25) is 0 Å². The summed E-state index contributed by atoms with van der Waals surface area (Å²) in [7, 11) is 0. The molecule has 2 aromatic rings. The van der Waals surface area contributed by atoms with Crippen molar-refractivity contribution in [3.63, 3.8) is 0 Å². The van der Waals surface area contributed by atoms with Crippen LogP contribution in [0.1, 0.15) is 24.3 Å². The molecule has 0 spiro atoms. The van der Waals surface area contributed by atoms with E-state index >= 15 is 0 Å². The number of hydrogen-bond donors (Lipinski definition) is 2. The second-order valence-electron chi connectivity index (χ2n) is 6.75. The smallest absolute Gasteiger partial charge is 0.225 e. The van der Waals surface area contributed by atoms with E-state index in [9.17, 15) is 0 Å². The highest BCUT2D eigenvalue weighted by Crippen LogP contribution is 2.10. The van der Waals surface area contributed by atoms with E-state index in [0.717, 1.165) is 69.2 Å². The molecule has 0 saturated carbocycles. The summed E-state index contributed by atoms with van der Waals surface area (Å²) in [5.74, 6) is 3.10. The van der Waals surface area contributed by atoms with E-state index in [1.54, 1.807) is 12.4 Å². The van der Waals surface area contributed by atoms with Crippen molar-refractivity contribution in [3.05, 3.63) is 35.8 Å². The Balaban J connectivity index is 0.00000300. The van der Waals surface area contributed by atoms with Gasteiger partial charge in [0.2, 0.25) is 11.8 Å². The van der Waals surface area contributed by atoms with Gasteiger partial charge in [-0.3, -0.25) is 4.90 Å². The number of halogens is 1. The van der Waals surface area contributed by atoms with Gasteiger partial charge in [-0.15, -0.1) is 24.0 Å². The van der Waals surface area contributed by atoms with Crippen LogP contribution in [0, 0.1) is 13.8 Å². The molecule has 0 amide bonds. The molecule has 3 rings (SSSR count). The number of aromatic nitrogens is 3. The molecule has 29 heavy (non-hydrogen) atoms. The molecular formula is C19H31IN8O. The maximum Gasteiger partial charge on any atom is 0.225 e. The van der Waals surface area contributed by atoms with Gasteiger partial charge in [0, 0.05) is 58.2 Å². The first-order valence-corrected chi connectivity index (χ1v) is 9.85. The van der Waals surface area contributed by atoms with Crippen molar-refractivity contribution in [2.45, 2.75) is 27.3 Å². The van der Waals surface area contributed by atoms with E-state index in [0.29, 0.717) is 12.4 Å². The number of piperazine rings is 1. The van der Waals surface area contributed by atoms with Crippen molar-refractivity contribution < 1.29 is 4.42 Å². The summed E-state index contributed by atoms with van der Waals surface area (Å²) in [5.41, 5.74) is 0.920. The van der Waals surface area contributed by atoms with Gasteiger partial charge in [-0.1, -0.05) is 0 Å². The van der Waals surface area contributed by atoms with Gasteiger partial charge in [0.1, 0.15) is 12.3 Å². The number of hydrogen-bond acceptors (Lipinski definition) is 7. The van der Waals surface area contributed by atoms with Crippen LogP contribution in [-0.2, 0) is 6.54 Å². The molecule has 1 fully saturated rings. The zero-order chi connectivity index (χ0) is 19.8. The molecule has 160 valence electrons. The lowest BCUT2D eigenvalue weighted by Gasteiger charge is -2.34. The monoisotopic (exact) mass is 514 g/mol. The molecule has 0 aromatic carbocycles. The van der Waals surface area contributed by atoms with Gasteiger partial charge in [0.15, 0.2) is 5.96 Å². The Labute approximate surface area is 189 Å². The Kier molecular flexibility index (Phi) is 9.58. The van der Waals surface area contributed by atoms with E-state index in [4.69, 9.17) is 4.42 Å². The molecule has 1 aliphatic rings. The van der Waals surface area contributed by atoms with Crippen molar-refractivity contribution in [1.29, 1.82) is 0 Å². The van der Waals surface area contributed by atoms with E-state index in [-0.39, 0.29) is 24.0 Å². The highest BCUT2D eigenvalue weighted by molar-refractivity contribution is 14.0. The molecule has 0 radical (unpaired) electrons. The van der Waals surface area contributed by atoms with Crippen molar-refractivity contribution in [2.75, 3.05) is 50.7 Å². The fraction of sp³-hybridized carbons (Fsp3) is 0.579. The topological polar surface area (TPSA) is 94.7 Å². The Morgan fingerprint density at radius 1 is 1.14 bits per heavy atom. The molecule has 3 heterocycles. The number of aliphatic imine (C=N–C) groups is 1. The predicted octanol–water partition coefficient (Wildman–Crippen LogP) is 1.58. The summed E-state index contributed by atoms with van der Waals surface area (Å²) >= 11 is 0. The molecule has 10 heteroatoms. The predicted molar refractivity (Wildman–Crippen MR) is 125 cm³/mol. The summed E-state index contributed by atoms with van der Waals surface area (Å²) in [6.45, 7) is 12.9. The van der Waals surface area contributed by atoms with Gasteiger partial charge in [-0.05, 0) is 26.8 Å². The van der Waals surface area contributed by atoms with Crippen LogP contribution in [0.4, 0.5) is 5.95 Å². The summed E-state index contributed by atoms with van der Waals surface area (Å²) < 4.78 is 5.59. The number of nitrogens with one attached hydrogen (secondary N) is 2. The van der Waals surface area contributed by atoms with Crippen molar-refractivity contribution in [1.82, 2.24) is 30.5 Å². The van der Waals surface area contributed by atoms with Crippen LogP contribution in [0.5, 0.6) is 0 Å². The summed E-state index contributed by atoms with van der Waals surface area (Å²) in [5, 5.41) is 6.66. The highest BCUT2D eigenvalue weighted by Gasteiger charge is 2.18. The first-order chi connectivity index (χ1) is 13.7. The summed E-state index contributed by atoms with van der Waals surface area (Å²) in [6, 6.07) is 1.85. The van der Waals surface area contributed by atoms with E-state index < -0.39 is 0 Å². The molecule has 9 nitrogen and oxygen atoms in total. The van der Waals surface area contributed by atoms with Crippen LogP contribution < -0.4 is 15.5 Å². The van der Waals surface area contributed by atoms with Crippen molar-refractivity contribution in [3.8, 4) is 0 Å². The first-order valence-electron chi connectivity index (χ1n) is 9.85. The summed E-state index contributed by atoms with van der Waals surface area (Å²) in [6.07, 6.45) is 3.59. The summed E-state index contributed by atoms with van der Waals surface area (Å²) in [4.78, 5) is 22.3. The lowest BCUT2D eigenvalue weighted by molar-refractivity contribution is 0.260. The molecule has 0 unspecified atom stereocenters. The van der Waals surface area contributed by atoms with Crippen LogP contribution in [0.25, 0.3) is 0 Å². The van der Waals surface area contributed by atoms with Crippen LogP contribution in [0.15, 0.2) is 27.9 Å². The number of anilines is 1. The van der Waals surface area contributed by atoms with E-state index in [2.05, 4.69) is 47.3 Å². The molecule has 1 saturated heterocycles. The average Bonchev–Trinajstić information content (AvgIpc) is 3.05. The Hall–Kier alpha value is -1.95. The van der Waals surface area contributed by atoms with Gasteiger partial charge in [-0.2, -0.15) is 0 Å². The maximum atomic E-state index is 5.59. The number of oxazole rings is 1. The van der Waals surface area contributed by atoms with Crippen LogP contribution >= 0.6 is 24.0 Å². The standard InChI is InChI=1S/C19H30N8O.HI/c1-4-20-18(24-14-17-25-15(2)16(3)28-17)21-8-9-26-10-12-27(13-11-26)19-22-6-5-7-23-19;/h5-7H,4,8-14H2,1-3H3,(H2,20,21,24);1H. The van der Waals surface area contributed by atoms with Gasteiger partial charge in [-0.25, -0.2) is 19.9 Å². The third-order valence-corrected chi connectivity index (χ3v) is 4.72. The van der Waals surface area contributed by atoms with Gasteiger partial charge < -0.3 is 20.0 Å². The first kappa shape index (κ1) is 23.3. The molecule has 1 aliphatic heterocycles. The highest BCUT2D eigenvalue weighted by atomic mass is 127. The molecule has 2 aromatic heterocycles. The molecular weight excluding hydrogens is 483 g/mol. The largest absolute Gasteiger partial charge is 0.444 e. The Morgan fingerprint density at radius 2 is 1.86 bits per heavy atom. The fourth-order valence-electron chi connectivity index (χ4n) is 3.05.